The smallest absolute Gasteiger partial charge is 0.237 e. The molecule has 1 aliphatic rings. The van der Waals surface area contributed by atoms with Crippen LogP contribution in [0.4, 0.5) is 11.8 Å². The van der Waals surface area contributed by atoms with Gasteiger partial charge in [0.2, 0.25) is 27.8 Å². The summed E-state index contributed by atoms with van der Waals surface area (Å²) in [7, 11) is -3.54. The second-order valence-electron chi connectivity index (χ2n) is 8.65. The van der Waals surface area contributed by atoms with Crippen LogP contribution in [0.3, 0.4) is 0 Å². The van der Waals surface area contributed by atoms with Crippen molar-refractivity contribution in [2.45, 2.75) is 50.7 Å². The van der Waals surface area contributed by atoms with Crippen LogP contribution >= 0.6 is 0 Å². The molecular formula is C23H27N7O4S. The van der Waals surface area contributed by atoms with Gasteiger partial charge in [0.05, 0.1) is 41.1 Å². The van der Waals surface area contributed by atoms with Gasteiger partial charge in [-0.1, -0.05) is 6.42 Å². The molecule has 11 nitrogen and oxygen atoms in total. The number of rotatable bonds is 9. The molecule has 0 spiro atoms. The minimum absolute atomic E-state index is 0.0480. The van der Waals surface area contributed by atoms with Gasteiger partial charge in [-0.05, 0) is 51.8 Å². The molecule has 184 valence electrons. The van der Waals surface area contributed by atoms with E-state index in [0.717, 1.165) is 12.0 Å². The predicted molar refractivity (Wildman–Crippen MR) is 130 cm³/mol. The summed E-state index contributed by atoms with van der Waals surface area (Å²) in [4.78, 5) is 34.2. The van der Waals surface area contributed by atoms with Crippen molar-refractivity contribution in [1.82, 2.24) is 24.9 Å². The van der Waals surface area contributed by atoms with E-state index in [1.165, 1.54) is 12.4 Å². The zero-order chi connectivity index (χ0) is 25.1. The zero-order valence-corrected chi connectivity index (χ0v) is 20.5. The standard InChI is InChI=1S/C23H27N7O4S/c1-4-34-20-14-24-13-17(27-20)15-8-9-19(26-12-15)29-21(31)23(2,3)18-10-11-25-22(28-18)30-35(32,33)16-6-5-7-16/h8-14,16H,4-7H2,1-3H3,(H,25,28,30)(H,26,29,31). The molecule has 1 aliphatic carbocycles. The first-order chi connectivity index (χ1) is 16.7. The van der Waals surface area contributed by atoms with Crippen molar-refractivity contribution >= 4 is 27.7 Å². The highest BCUT2D eigenvalue weighted by Crippen LogP contribution is 2.28. The first-order valence-corrected chi connectivity index (χ1v) is 12.8. The Balaban J connectivity index is 1.46. The van der Waals surface area contributed by atoms with Crippen LogP contribution in [-0.4, -0.2) is 51.1 Å². The van der Waals surface area contributed by atoms with E-state index in [0.29, 0.717) is 42.5 Å². The number of sulfonamides is 1. The molecule has 35 heavy (non-hydrogen) atoms. The third-order valence-corrected chi connectivity index (χ3v) is 7.61. The van der Waals surface area contributed by atoms with Crippen LogP contribution in [0.15, 0.2) is 43.0 Å². The van der Waals surface area contributed by atoms with Crippen LogP contribution in [0, 0.1) is 0 Å². The van der Waals surface area contributed by atoms with Gasteiger partial charge < -0.3 is 10.1 Å². The molecular weight excluding hydrogens is 470 g/mol. The van der Waals surface area contributed by atoms with E-state index in [9.17, 15) is 13.2 Å². The predicted octanol–water partition coefficient (Wildman–Crippen LogP) is 2.94. The number of amides is 1. The largest absolute Gasteiger partial charge is 0.477 e. The van der Waals surface area contributed by atoms with E-state index in [2.05, 4.69) is 35.0 Å². The van der Waals surface area contributed by atoms with Gasteiger partial charge in [-0.15, -0.1) is 0 Å². The number of ether oxygens (including phenoxy) is 1. The van der Waals surface area contributed by atoms with Crippen LogP contribution in [0.2, 0.25) is 0 Å². The number of aromatic nitrogens is 5. The molecule has 12 heteroatoms. The Hall–Kier alpha value is -3.67. The number of nitrogens with one attached hydrogen (secondary N) is 2. The summed E-state index contributed by atoms with van der Waals surface area (Å²) in [6.45, 7) is 5.73. The number of pyridine rings is 1. The molecule has 3 aromatic heterocycles. The van der Waals surface area contributed by atoms with E-state index in [4.69, 9.17) is 4.74 Å². The molecule has 0 atom stereocenters. The number of anilines is 2. The molecule has 0 radical (unpaired) electrons. The Labute approximate surface area is 203 Å². The lowest BCUT2D eigenvalue weighted by Gasteiger charge is -2.26. The lowest BCUT2D eigenvalue weighted by Crippen LogP contribution is -2.37. The van der Waals surface area contributed by atoms with Crippen molar-refractivity contribution in [3.05, 3.63) is 48.7 Å². The van der Waals surface area contributed by atoms with Crippen LogP contribution in [-0.2, 0) is 20.2 Å². The number of carbonyl (C=O) groups is 1. The highest BCUT2D eigenvalue weighted by atomic mass is 32.2. The number of hydrogen-bond acceptors (Lipinski definition) is 9. The summed E-state index contributed by atoms with van der Waals surface area (Å²) in [6, 6.07) is 5.02. The number of carbonyl (C=O) groups excluding carboxylic acids is 1. The SMILES string of the molecule is CCOc1cncc(-c2ccc(NC(=O)C(C)(C)c3ccnc(NS(=O)(=O)C4CCC4)n3)nc2)n1. The fourth-order valence-electron chi connectivity index (χ4n) is 3.36. The molecule has 0 aliphatic heterocycles. The minimum Gasteiger partial charge on any atom is -0.477 e. The molecule has 2 N–H and O–H groups in total. The Morgan fingerprint density at radius 3 is 2.57 bits per heavy atom. The van der Waals surface area contributed by atoms with Crippen LogP contribution < -0.4 is 14.8 Å². The van der Waals surface area contributed by atoms with Gasteiger partial charge in [-0.3, -0.25) is 14.5 Å². The topological polar surface area (TPSA) is 149 Å². The van der Waals surface area contributed by atoms with E-state index in [-0.39, 0.29) is 11.9 Å². The quantitative estimate of drug-likeness (QED) is 0.455. The second-order valence-corrected chi connectivity index (χ2v) is 10.6. The van der Waals surface area contributed by atoms with Crippen molar-refractivity contribution in [2.24, 2.45) is 0 Å². The van der Waals surface area contributed by atoms with Gasteiger partial charge in [0.25, 0.3) is 0 Å². The average Bonchev–Trinajstić information content (AvgIpc) is 2.78. The third-order valence-electron chi connectivity index (χ3n) is 5.79. The van der Waals surface area contributed by atoms with E-state index in [1.807, 2.05) is 6.92 Å². The van der Waals surface area contributed by atoms with Gasteiger partial charge in [0.15, 0.2) is 0 Å². The van der Waals surface area contributed by atoms with Gasteiger partial charge in [-0.25, -0.2) is 28.4 Å². The van der Waals surface area contributed by atoms with Crippen molar-refractivity contribution < 1.29 is 17.9 Å². The first-order valence-electron chi connectivity index (χ1n) is 11.3. The van der Waals surface area contributed by atoms with Crippen molar-refractivity contribution in [2.75, 3.05) is 16.6 Å². The van der Waals surface area contributed by atoms with Gasteiger partial charge in [-0.2, -0.15) is 0 Å². The Bertz CT molecular complexity index is 1310. The summed E-state index contributed by atoms with van der Waals surface area (Å²) in [5, 5.41) is 2.36. The monoisotopic (exact) mass is 497 g/mol. The fraction of sp³-hybridized carbons (Fsp3) is 0.391. The number of hydrogen-bond donors (Lipinski definition) is 2. The lowest BCUT2D eigenvalue weighted by atomic mass is 9.88. The summed E-state index contributed by atoms with van der Waals surface area (Å²) in [5.74, 6) is 0.361. The molecule has 1 amide bonds. The van der Waals surface area contributed by atoms with E-state index >= 15 is 0 Å². The minimum atomic E-state index is -3.54. The fourth-order valence-corrected chi connectivity index (χ4v) is 4.83. The Morgan fingerprint density at radius 1 is 1.11 bits per heavy atom. The maximum absolute atomic E-state index is 13.1. The molecule has 1 saturated carbocycles. The molecule has 3 aromatic rings. The van der Waals surface area contributed by atoms with Gasteiger partial charge >= 0.3 is 0 Å². The molecule has 0 bridgehead atoms. The van der Waals surface area contributed by atoms with Gasteiger partial charge in [0, 0.05) is 18.0 Å². The summed E-state index contributed by atoms with van der Waals surface area (Å²) in [5.41, 5.74) is 0.600. The molecule has 0 saturated heterocycles. The summed E-state index contributed by atoms with van der Waals surface area (Å²) < 4.78 is 32.6. The van der Waals surface area contributed by atoms with Crippen molar-refractivity contribution in [3.8, 4) is 17.1 Å². The molecule has 4 rings (SSSR count). The highest BCUT2D eigenvalue weighted by Gasteiger charge is 2.34. The Kier molecular flexibility index (Phi) is 6.92. The van der Waals surface area contributed by atoms with Crippen LogP contribution in [0.25, 0.3) is 11.3 Å². The number of nitrogens with zero attached hydrogens (tertiary/aromatic N) is 5. The summed E-state index contributed by atoms with van der Waals surface area (Å²) >= 11 is 0. The highest BCUT2D eigenvalue weighted by molar-refractivity contribution is 7.93. The Morgan fingerprint density at radius 2 is 1.91 bits per heavy atom. The third kappa shape index (κ3) is 5.53. The van der Waals surface area contributed by atoms with E-state index in [1.54, 1.807) is 44.4 Å². The van der Waals surface area contributed by atoms with Crippen molar-refractivity contribution in [1.29, 1.82) is 0 Å². The van der Waals surface area contributed by atoms with Crippen molar-refractivity contribution in [3.63, 3.8) is 0 Å². The second kappa shape index (κ2) is 9.90. The first kappa shape index (κ1) is 24.5. The molecule has 3 heterocycles. The van der Waals surface area contributed by atoms with E-state index < -0.39 is 20.7 Å². The normalized spacial score (nSPS) is 14.1. The lowest BCUT2D eigenvalue weighted by molar-refractivity contribution is -0.120. The maximum Gasteiger partial charge on any atom is 0.237 e. The van der Waals surface area contributed by atoms with Crippen LogP contribution in [0.1, 0.15) is 45.7 Å². The van der Waals surface area contributed by atoms with Crippen LogP contribution in [0.5, 0.6) is 5.88 Å². The van der Waals surface area contributed by atoms with Gasteiger partial charge in [0.1, 0.15) is 5.82 Å². The average molecular weight is 498 g/mol. The molecule has 0 unspecified atom stereocenters. The molecule has 1 fully saturated rings. The summed E-state index contributed by atoms with van der Waals surface area (Å²) in [6.07, 6.45) is 8.29. The maximum atomic E-state index is 13.1. The molecule has 0 aromatic carbocycles. The zero-order valence-electron chi connectivity index (χ0n) is 19.7.